The van der Waals surface area contributed by atoms with Crippen molar-refractivity contribution in [2.45, 2.75) is 31.9 Å². The first-order chi connectivity index (χ1) is 14.8. The van der Waals surface area contributed by atoms with Crippen LogP contribution in [0, 0.1) is 11.8 Å². The van der Waals surface area contributed by atoms with E-state index < -0.39 is 63.8 Å². The minimum atomic E-state index is -2.67. The molecule has 3 aliphatic rings. The third kappa shape index (κ3) is 3.05. The standard InChI is InChI=1S/C21H22ClN3O7.CH4/c1-25(2)14-8-4-6-3-7-5-9(22)13(23)16(27)10(7)15(26)11(6)18(29)21(8,32)19(30)12(17(14)28)20(24)31;/h5-6,8,14,26-27,30,32H,3-4,23H2,1-2H3,(H2,24,31);1H4/t6-,8-,14-,21-;/m0./s1. The van der Waals surface area contributed by atoms with Crippen molar-refractivity contribution in [3.63, 3.8) is 0 Å². The molecule has 4 rings (SSSR count). The summed E-state index contributed by atoms with van der Waals surface area (Å²) in [6, 6.07) is 0.346. The number of amides is 1. The lowest BCUT2D eigenvalue weighted by Crippen LogP contribution is -2.65. The molecule has 0 aromatic heterocycles. The van der Waals surface area contributed by atoms with Crippen LogP contribution >= 0.6 is 11.6 Å². The number of hydrogen-bond acceptors (Lipinski definition) is 9. The van der Waals surface area contributed by atoms with Crippen LogP contribution in [-0.2, 0) is 20.8 Å². The van der Waals surface area contributed by atoms with E-state index in [0.29, 0.717) is 5.56 Å². The normalized spacial score (nSPS) is 28.8. The van der Waals surface area contributed by atoms with Crippen LogP contribution in [0.1, 0.15) is 25.0 Å². The van der Waals surface area contributed by atoms with Crippen LogP contribution in [0.4, 0.5) is 5.69 Å². The summed E-state index contributed by atoms with van der Waals surface area (Å²) in [4.78, 5) is 39.9. The van der Waals surface area contributed by atoms with Gasteiger partial charge in [0.05, 0.1) is 22.3 Å². The number of aliphatic hydroxyl groups excluding tert-OH is 2. The minimum absolute atomic E-state index is 0. The molecule has 11 heteroatoms. The fourth-order valence-corrected chi connectivity index (χ4v) is 5.50. The number of halogens is 1. The highest BCUT2D eigenvalue weighted by molar-refractivity contribution is 6.33. The highest BCUT2D eigenvalue weighted by Crippen LogP contribution is 2.53. The molecular weight excluding hydrogens is 454 g/mol. The van der Waals surface area contributed by atoms with Crippen molar-refractivity contribution >= 4 is 40.5 Å². The molecule has 1 aromatic carbocycles. The number of phenolic OH excluding ortho intramolecular Hbond substituents is 1. The highest BCUT2D eigenvalue weighted by Gasteiger charge is 2.64. The average molecular weight is 480 g/mol. The number of ketones is 2. The summed E-state index contributed by atoms with van der Waals surface area (Å²) in [6.07, 6.45) is 0.163. The second kappa shape index (κ2) is 7.75. The Bertz CT molecular complexity index is 1170. The Morgan fingerprint density at radius 3 is 2.39 bits per heavy atom. The number of aliphatic hydroxyl groups is 3. The van der Waals surface area contributed by atoms with E-state index in [-0.39, 0.29) is 42.1 Å². The van der Waals surface area contributed by atoms with Crippen molar-refractivity contribution in [2.24, 2.45) is 17.6 Å². The molecule has 1 saturated carbocycles. The second-order valence-corrected chi connectivity index (χ2v) is 9.02. The number of Topliss-reactive ketones (excluding diaryl/α,β-unsaturated/α-hetero) is 2. The molecule has 10 nitrogen and oxygen atoms in total. The average Bonchev–Trinajstić information content (AvgIpc) is 2.68. The quantitative estimate of drug-likeness (QED) is 0.203. The molecule has 178 valence electrons. The van der Waals surface area contributed by atoms with Gasteiger partial charge in [-0.1, -0.05) is 19.0 Å². The molecule has 0 unspecified atom stereocenters. The topological polar surface area (TPSA) is 187 Å². The summed E-state index contributed by atoms with van der Waals surface area (Å²) in [5.74, 6) is -7.20. The van der Waals surface area contributed by atoms with Crippen LogP contribution in [0.25, 0.3) is 5.76 Å². The molecule has 0 spiro atoms. The zero-order valence-electron chi connectivity index (χ0n) is 17.2. The monoisotopic (exact) mass is 479 g/mol. The van der Waals surface area contributed by atoms with E-state index in [0.717, 1.165) is 0 Å². The van der Waals surface area contributed by atoms with Crippen molar-refractivity contribution in [1.29, 1.82) is 0 Å². The molecule has 1 amide bonds. The van der Waals surface area contributed by atoms with Crippen molar-refractivity contribution in [3.05, 3.63) is 39.1 Å². The van der Waals surface area contributed by atoms with E-state index in [1.807, 2.05) is 0 Å². The van der Waals surface area contributed by atoms with E-state index in [2.05, 4.69) is 0 Å². The van der Waals surface area contributed by atoms with Crippen molar-refractivity contribution in [3.8, 4) is 5.75 Å². The van der Waals surface area contributed by atoms with Gasteiger partial charge in [-0.3, -0.25) is 19.3 Å². The number of benzene rings is 1. The van der Waals surface area contributed by atoms with Gasteiger partial charge in [0.25, 0.3) is 5.91 Å². The Hall–Kier alpha value is -3.08. The molecule has 0 aliphatic heterocycles. The Morgan fingerprint density at radius 2 is 1.85 bits per heavy atom. The molecule has 8 N–H and O–H groups in total. The van der Waals surface area contributed by atoms with Crippen molar-refractivity contribution < 1.29 is 34.8 Å². The summed E-state index contributed by atoms with van der Waals surface area (Å²) in [7, 11) is 3.07. The van der Waals surface area contributed by atoms with Gasteiger partial charge in [-0.15, -0.1) is 0 Å². The first-order valence-corrected chi connectivity index (χ1v) is 10.2. The Morgan fingerprint density at radius 1 is 1.24 bits per heavy atom. The van der Waals surface area contributed by atoms with Gasteiger partial charge in [-0.05, 0) is 44.5 Å². The van der Waals surface area contributed by atoms with Gasteiger partial charge >= 0.3 is 0 Å². The number of carbonyl (C=O) groups is 3. The first-order valence-electron chi connectivity index (χ1n) is 9.78. The number of nitrogens with two attached hydrogens (primary N) is 2. The molecule has 0 heterocycles. The number of likely N-dealkylation sites (N-methyl/N-ethyl adjacent to an activating group) is 1. The van der Waals surface area contributed by atoms with E-state index in [4.69, 9.17) is 23.1 Å². The molecule has 4 atom stereocenters. The zero-order valence-corrected chi connectivity index (χ0v) is 18.0. The van der Waals surface area contributed by atoms with Gasteiger partial charge < -0.3 is 31.9 Å². The highest BCUT2D eigenvalue weighted by atomic mass is 35.5. The van der Waals surface area contributed by atoms with E-state index in [9.17, 15) is 34.8 Å². The number of fused-ring (bicyclic) bond motifs is 3. The number of anilines is 1. The Balaban J connectivity index is 0.00000306. The van der Waals surface area contributed by atoms with Gasteiger partial charge in [-0.25, -0.2) is 0 Å². The largest absolute Gasteiger partial charge is 0.508 e. The Labute approximate surface area is 194 Å². The smallest absolute Gasteiger partial charge is 0.255 e. The van der Waals surface area contributed by atoms with E-state index in [1.165, 1.54) is 25.1 Å². The van der Waals surface area contributed by atoms with Crippen LogP contribution in [0.15, 0.2) is 23.0 Å². The summed E-state index contributed by atoms with van der Waals surface area (Å²) in [5, 5.41) is 43.6. The minimum Gasteiger partial charge on any atom is -0.508 e. The summed E-state index contributed by atoms with van der Waals surface area (Å²) >= 11 is 6.06. The Kier molecular flexibility index (Phi) is 5.77. The second-order valence-electron chi connectivity index (χ2n) is 8.62. The van der Waals surface area contributed by atoms with Crippen LogP contribution in [0.3, 0.4) is 0 Å². The number of nitrogens with zero attached hydrogens (tertiary/aromatic N) is 1. The number of rotatable bonds is 2. The van der Waals surface area contributed by atoms with Gasteiger partial charge in [0.2, 0.25) is 5.78 Å². The number of nitrogen functional groups attached to an aromatic ring is 1. The maximum Gasteiger partial charge on any atom is 0.255 e. The molecule has 33 heavy (non-hydrogen) atoms. The number of primary amides is 1. The lowest BCUT2D eigenvalue weighted by molar-refractivity contribution is -0.153. The molecule has 1 fully saturated rings. The lowest BCUT2D eigenvalue weighted by Gasteiger charge is -2.50. The van der Waals surface area contributed by atoms with Gasteiger partial charge in [0.1, 0.15) is 17.1 Å². The predicted octanol–water partition coefficient (Wildman–Crippen LogP) is 0.836. The molecule has 0 bridgehead atoms. The fraction of sp³-hybridized carbons (Fsp3) is 0.409. The van der Waals surface area contributed by atoms with Crippen LogP contribution in [-0.4, -0.2) is 68.5 Å². The van der Waals surface area contributed by atoms with Gasteiger partial charge in [0, 0.05) is 11.5 Å². The predicted molar refractivity (Wildman–Crippen MR) is 120 cm³/mol. The zero-order chi connectivity index (χ0) is 23.9. The molecule has 0 saturated heterocycles. The number of aromatic hydroxyl groups is 1. The number of carbonyl (C=O) groups excluding carboxylic acids is 3. The summed E-state index contributed by atoms with van der Waals surface area (Å²) in [6.45, 7) is 0. The van der Waals surface area contributed by atoms with Gasteiger partial charge in [-0.2, -0.15) is 0 Å². The third-order valence-corrected chi connectivity index (χ3v) is 7.01. The van der Waals surface area contributed by atoms with E-state index in [1.54, 1.807) is 0 Å². The maximum absolute atomic E-state index is 13.6. The maximum atomic E-state index is 13.6. The number of phenols is 1. The molecule has 3 aliphatic carbocycles. The summed E-state index contributed by atoms with van der Waals surface area (Å²) < 4.78 is 0. The molecule has 1 aromatic rings. The summed E-state index contributed by atoms with van der Waals surface area (Å²) in [5.41, 5.74) is 7.41. The number of hydrogen-bond donors (Lipinski definition) is 6. The van der Waals surface area contributed by atoms with Crippen LogP contribution in [0.2, 0.25) is 5.02 Å². The fourth-order valence-electron chi connectivity index (χ4n) is 5.28. The molecular formula is C22H26ClN3O7. The van der Waals surface area contributed by atoms with Crippen molar-refractivity contribution in [2.75, 3.05) is 19.8 Å². The van der Waals surface area contributed by atoms with Gasteiger partial charge in [0.15, 0.2) is 17.1 Å². The van der Waals surface area contributed by atoms with E-state index >= 15 is 0 Å². The molecule has 0 radical (unpaired) electrons. The lowest BCUT2D eigenvalue weighted by atomic mass is 9.57. The van der Waals surface area contributed by atoms with Crippen LogP contribution in [0.5, 0.6) is 5.75 Å². The van der Waals surface area contributed by atoms with Crippen molar-refractivity contribution in [1.82, 2.24) is 4.90 Å². The first kappa shape index (κ1) is 24.6. The third-order valence-electron chi connectivity index (χ3n) is 6.70. The SMILES string of the molecule is C.CN(C)[C@@H]1C(=O)C(C(N)=O)=C(O)[C@@]2(O)C(=O)C3=C(O)c4c(cc(Cl)c(N)c4O)C[C@H]3C[C@@H]12. The van der Waals surface area contributed by atoms with Crippen LogP contribution < -0.4 is 11.5 Å².